The zero-order chi connectivity index (χ0) is 12.4. The first-order valence-corrected chi connectivity index (χ1v) is 5.67. The van der Waals surface area contributed by atoms with E-state index in [2.05, 4.69) is 4.74 Å². The van der Waals surface area contributed by atoms with Gasteiger partial charge >= 0.3 is 5.97 Å². The molecule has 0 spiro atoms. The molecule has 1 aliphatic carbocycles. The van der Waals surface area contributed by atoms with E-state index in [4.69, 9.17) is 4.74 Å². The first-order chi connectivity index (χ1) is 8.11. The van der Waals surface area contributed by atoms with E-state index in [0.29, 0.717) is 5.75 Å². The van der Waals surface area contributed by atoms with Crippen molar-refractivity contribution in [2.45, 2.75) is 32.0 Å². The number of benzene rings is 1. The van der Waals surface area contributed by atoms with Gasteiger partial charge < -0.3 is 14.6 Å². The van der Waals surface area contributed by atoms with Crippen LogP contribution in [0.1, 0.15) is 30.6 Å². The van der Waals surface area contributed by atoms with Gasteiger partial charge in [-0.05, 0) is 43.0 Å². The second-order valence-corrected chi connectivity index (χ2v) is 4.20. The molecule has 1 aliphatic rings. The third-order valence-corrected chi connectivity index (χ3v) is 3.01. The summed E-state index contributed by atoms with van der Waals surface area (Å²) in [6.07, 6.45) is 0.618. The molecule has 0 aliphatic heterocycles. The quantitative estimate of drug-likeness (QED) is 0.810. The fourth-order valence-corrected chi connectivity index (χ4v) is 2.06. The summed E-state index contributed by atoms with van der Waals surface area (Å²) in [6, 6.07) is 5.50. The molecule has 0 heterocycles. The summed E-state index contributed by atoms with van der Waals surface area (Å²) in [5, 5.41) is 9.67. The molecule has 1 N–H and O–H groups in total. The van der Waals surface area contributed by atoms with Crippen molar-refractivity contribution in [2.75, 3.05) is 7.11 Å². The Labute approximate surface area is 100 Å². The lowest BCUT2D eigenvalue weighted by Crippen LogP contribution is -2.24. The van der Waals surface area contributed by atoms with E-state index < -0.39 is 12.1 Å². The fourth-order valence-electron chi connectivity index (χ4n) is 2.06. The highest BCUT2D eigenvalue weighted by Gasteiger charge is 2.21. The van der Waals surface area contributed by atoms with Gasteiger partial charge in [-0.3, -0.25) is 0 Å². The number of aliphatic hydroxyl groups excluding tert-OH is 1. The van der Waals surface area contributed by atoms with E-state index in [1.54, 1.807) is 13.0 Å². The predicted octanol–water partition coefficient (Wildman–Crippen LogP) is 1.61. The minimum Gasteiger partial charge on any atom is -0.479 e. The second kappa shape index (κ2) is 4.75. The van der Waals surface area contributed by atoms with Crippen LogP contribution >= 0.6 is 0 Å². The Kier molecular flexibility index (Phi) is 3.33. The van der Waals surface area contributed by atoms with Crippen LogP contribution in [0.15, 0.2) is 18.2 Å². The predicted molar refractivity (Wildman–Crippen MR) is 61.8 cm³/mol. The summed E-state index contributed by atoms with van der Waals surface area (Å²) >= 11 is 0. The van der Waals surface area contributed by atoms with Crippen LogP contribution in [0, 0.1) is 0 Å². The van der Waals surface area contributed by atoms with E-state index in [9.17, 15) is 9.90 Å². The zero-order valence-electron chi connectivity index (χ0n) is 9.97. The van der Waals surface area contributed by atoms with Crippen LogP contribution in [-0.2, 0) is 16.0 Å². The molecule has 0 radical (unpaired) electrons. The molecule has 4 nitrogen and oxygen atoms in total. The maximum absolute atomic E-state index is 11.2. The van der Waals surface area contributed by atoms with Gasteiger partial charge in [-0.25, -0.2) is 4.79 Å². The molecule has 2 rings (SSSR count). The Morgan fingerprint density at radius 3 is 3.00 bits per heavy atom. The van der Waals surface area contributed by atoms with Crippen LogP contribution in [-0.4, -0.2) is 24.3 Å². The van der Waals surface area contributed by atoms with Crippen LogP contribution in [0.5, 0.6) is 5.75 Å². The Morgan fingerprint density at radius 2 is 2.29 bits per heavy atom. The highest BCUT2D eigenvalue weighted by atomic mass is 16.6. The number of esters is 1. The lowest BCUT2D eigenvalue weighted by molar-refractivity contribution is -0.147. The summed E-state index contributed by atoms with van der Waals surface area (Å²) < 4.78 is 10.1. The van der Waals surface area contributed by atoms with Gasteiger partial charge in [-0.2, -0.15) is 0 Å². The number of carbonyl (C=O) groups is 1. The molecule has 0 fully saturated rings. The molecule has 92 valence electrons. The number of aryl methyl sites for hydroxylation is 1. The molecule has 0 saturated heterocycles. The van der Waals surface area contributed by atoms with Crippen molar-refractivity contribution in [3.8, 4) is 5.75 Å². The van der Waals surface area contributed by atoms with Gasteiger partial charge in [-0.15, -0.1) is 0 Å². The van der Waals surface area contributed by atoms with Gasteiger partial charge in [0, 0.05) is 0 Å². The Balaban J connectivity index is 2.11. The van der Waals surface area contributed by atoms with Crippen molar-refractivity contribution in [3.05, 3.63) is 29.3 Å². The first-order valence-electron chi connectivity index (χ1n) is 5.67. The van der Waals surface area contributed by atoms with Crippen molar-refractivity contribution in [3.63, 3.8) is 0 Å². The number of ether oxygens (including phenoxy) is 2. The number of hydrogen-bond donors (Lipinski definition) is 1. The van der Waals surface area contributed by atoms with Crippen LogP contribution in [0.2, 0.25) is 0 Å². The molecule has 17 heavy (non-hydrogen) atoms. The average Bonchev–Trinajstić information content (AvgIpc) is 2.69. The van der Waals surface area contributed by atoms with Crippen LogP contribution in [0.25, 0.3) is 0 Å². The molecule has 1 unspecified atom stereocenters. The van der Waals surface area contributed by atoms with Crippen LogP contribution < -0.4 is 4.74 Å². The van der Waals surface area contributed by atoms with E-state index in [1.807, 2.05) is 12.1 Å². The average molecular weight is 236 g/mol. The molecule has 2 atom stereocenters. The van der Waals surface area contributed by atoms with Gasteiger partial charge in [0.1, 0.15) is 5.75 Å². The summed E-state index contributed by atoms with van der Waals surface area (Å²) in [4.78, 5) is 11.2. The standard InChI is InChI=1S/C13H16O4/c1-8(13(15)16-2)17-10-4-5-11-9(7-10)3-6-12(11)14/h4-5,7-8,12,14H,3,6H2,1-2H3/t8?,12-/m1/s1. The highest BCUT2D eigenvalue weighted by molar-refractivity contribution is 5.74. The molecule has 0 saturated carbocycles. The first kappa shape index (κ1) is 11.9. The third kappa shape index (κ3) is 2.42. The van der Waals surface area contributed by atoms with Crippen molar-refractivity contribution in [1.29, 1.82) is 0 Å². The van der Waals surface area contributed by atoms with Crippen molar-refractivity contribution < 1.29 is 19.4 Å². The number of fused-ring (bicyclic) bond motifs is 1. The van der Waals surface area contributed by atoms with E-state index >= 15 is 0 Å². The van der Waals surface area contributed by atoms with E-state index in [0.717, 1.165) is 24.0 Å². The number of aliphatic hydroxyl groups is 1. The molecule has 4 heteroatoms. The summed E-state index contributed by atoms with van der Waals surface area (Å²) in [7, 11) is 1.33. The molecular weight excluding hydrogens is 220 g/mol. The molecule has 0 amide bonds. The minimum atomic E-state index is -0.621. The maximum Gasteiger partial charge on any atom is 0.346 e. The third-order valence-electron chi connectivity index (χ3n) is 3.01. The topological polar surface area (TPSA) is 55.8 Å². The number of methoxy groups -OCH3 is 1. The molecule has 0 bridgehead atoms. The Bertz CT molecular complexity index is 427. The van der Waals surface area contributed by atoms with E-state index in [-0.39, 0.29) is 6.10 Å². The van der Waals surface area contributed by atoms with Crippen LogP contribution in [0.4, 0.5) is 0 Å². The van der Waals surface area contributed by atoms with Gasteiger partial charge in [0.25, 0.3) is 0 Å². The highest BCUT2D eigenvalue weighted by Crippen LogP contribution is 2.33. The van der Waals surface area contributed by atoms with E-state index in [1.165, 1.54) is 7.11 Å². The zero-order valence-corrected chi connectivity index (χ0v) is 9.97. The smallest absolute Gasteiger partial charge is 0.346 e. The normalized spacial score (nSPS) is 19.6. The number of carbonyl (C=O) groups excluding carboxylic acids is 1. The van der Waals surface area contributed by atoms with Gasteiger partial charge in [-0.1, -0.05) is 6.07 Å². The number of hydrogen-bond acceptors (Lipinski definition) is 4. The number of rotatable bonds is 3. The summed E-state index contributed by atoms with van der Waals surface area (Å²) in [5.74, 6) is 0.237. The van der Waals surface area contributed by atoms with Gasteiger partial charge in [0.15, 0.2) is 6.10 Å². The van der Waals surface area contributed by atoms with Crippen molar-refractivity contribution in [1.82, 2.24) is 0 Å². The second-order valence-electron chi connectivity index (χ2n) is 4.20. The largest absolute Gasteiger partial charge is 0.479 e. The Morgan fingerprint density at radius 1 is 1.53 bits per heavy atom. The summed E-state index contributed by atoms with van der Waals surface area (Å²) in [6.45, 7) is 1.65. The SMILES string of the molecule is COC(=O)C(C)Oc1ccc2c(c1)CC[C@H]2O. The lowest BCUT2D eigenvalue weighted by atomic mass is 10.1. The summed E-state index contributed by atoms with van der Waals surface area (Å²) in [5.41, 5.74) is 2.05. The molecule has 0 aromatic heterocycles. The monoisotopic (exact) mass is 236 g/mol. The molecule has 1 aromatic rings. The minimum absolute atomic E-state index is 0.364. The van der Waals surface area contributed by atoms with Gasteiger partial charge in [0.2, 0.25) is 0 Å². The molecular formula is C13H16O4. The maximum atomic E-state index is 11.2. The Hall–Kier alpha value is -1.55. The molecule has 1 aromatic carbocycles. The van der Waals surface area contributed by atoms with Gasteiger partial charge in [0.05, 0.1) is 13.2 Å². The van der Waals surface area contributed by atoms with Crippen LogP contribution in [0.3, 0.4) is 0 Å². The van der Waals surface area contributed by atoms with Crippen molar-refractivity contribution >= 4 is 5.97 Å². The lowest BCUT2D eigenvalue weighted by Gasteiger charge is -2.13. The fraction of sp³-hybridized carbons (Fsp3) is 0.462. The van der Waals surface area contributed by atoms with Crippen molar-refractivity contribution in [2.24, 2.45) is 0 Å².